The molecule has 0 spiro atoms. The van der Waals surface area contributed by atoms with E-state index in [0.717, 1.165) is 21.3 Å². The molecule has 0 unspecified atom stereocenters. The van der Waals surface area contributed by atoms with Crippen molar-refractivity contribution in [1.29, 1.82) is 0 Å². The maximum atomic E-state index is 12.3. The van der Waals surface area contributed by atoms with Gasteiger partial charge in [0.05, 0.1) is 0 Å². The molecule has 0 heterocycles. The lowest BCUT2D eigenvalue weighted by Gasteiger charge is -2.12. The summed E-state index contributed by atoms with van der Waals surface area (Å²) in [7, 11) is 3.96. The average Bonchev–Trinajstić information content (AvgIpc) is 2.55. The topological polar surface area (TPSA) is 20.3 Å². The van der Waals surface area contributed by atoms with Crippen LogP contribution in [0, 0.1) is 0 Å². The molecule has 3 heteroatoms. The summed E-state index contributed by atoms with van der Waals surface area (Å²) in [5, 5.41) is 0. The minimum atomic E-state index is -0.00233. The Morgan fingerprint density at radius 2 is 1.52 bits per heavy atom. The molecule has 2 nitrogen and oxygen atoms in total. The largest absolute Gasteiger partial charge is 0.378 e. The molecule has 0 N–H and O–H groups in total. The summed E-state index contributed by atoms with van der Waals surface area (Å²) in [6.45, 7) is 1.98. The average molecular weight is 370 g/mol. The van der Waals surface area contributed by atoms with Gasteiger partial charge in [0.1, 0.15) is 0 Å². The molecule has 0 saturated carbocycles. The van der Waals surface area contributed by atoms with Crippen LogP contribution in [-0.2, 0) is 0 Å². The Bertz CT molecular complexity index is 724. The third-order valence-electron chi connectivity index (χ3n) is 3.53. The molecule has 0 saturated heterocycles. The molecular weight excluding hydrogens is 350 g/mol. The number of halogens is 1. The Hall–Kier alpha value is -2.13. The van der Waals surface area contributed by atoms with Gasteiger partial charge in [-0.3, -0.25) is 4.79 Å². The first-order valence-corrected chi connectivity index (χ1v) is 8.20. The smallest absolute Gasteiger partial charge is 0.185 e. The molecule has 0 aliphatic heterocycles. The Kier molecular flexibility index (Phi) is 5.94. The molecule has 0 amide bonds. The molecule has 0 fully saturated rings. The van der Waals surface area contributed by atoms with Crippen LogP contribution in [0.15, 0.2) is 71.2 Å². The summed E-state index contributed by atoms with van der Waals surface area (Å²) in [6.07, 6.45) is 3.49. The highest BCUT2D eigenvalue weighted by Crippen LogP contribution is 2.24. The monoisotopic (exact) mass is 369 g/mol. The minimum Gasteiger partial charge on any atom is -0.378 e. The van der Waals surface area contributed by atoms with E-state index in [0.29, 0.717) is 5.56 Å². The predicted octanol–water partition coefficient (Wildman–Crippen LogP) is 5.32. The van der Waals surface area contributed by atoms with Crippen LogP contribution in [0.25, 0.3) is 5.57 Å². The maximum absolute atomic E-state index is 12.3. The van der Waals surface area contributed by atoms with Crippen LogP contribution in [0.4, 0.5) is 5.69 Å². The number of anilines is 1. The van der Waals surface area contributed by atoms with Gasteiger partial charge in [-0.25, -0.2) is 0 Å². The first kappa shape index (κ1) is 17.2. The van der Waals surface area contributed by atoms with Crippen molar-refractivity contribution in [3.05, 3.63) is 82.4 Å². The summed E-state index contributed by atoms with van der Waals surface area (Å²) >= 11 is 3.52. The van der Waals surface area contributed by atoms with Crippen LogP contribution in [0.3, 0.4) is 0 Å². The Balaban J connectivity index is 2.21. The van der Waals surface area contributed by atoms with Crippen molar-refractivity contribution < 1.29 is 4.79 Å². The van der Waals surface area contributed by atoms with Gasteiger partial charge >= 0.3 is 0 Å². The fourth-order valence-electron chi connectivity index (χ4n) is 2.21. The summed E-state index contributed by atoms with van der Waals surface area (Å²) in [4.78, 5) is 14.4. The van der Waals surface area contributed by atoms with E-state index in [1.54, 1.807) is 6.08 Å². The zero-order chi connectivity index (χ0) is 16.8. The number of hydrogen-bond donors (Lipinski definition) is 0. The van der Waals surface area contributed by atoms with E-state index in [4.69, 9.17) is 0 Å². The van der Waals surface area contributed by atoms with Gasteiger partial charge in [0.2, 0.25) is 0 Å². The zero-order valence-electron chi connectivity index (χ0n) is 13.6. The van der Waals surface area contributed by atoms with Crippen LogP contribution in [0.2, 0.25) is 0 Å². The molecule has 0 aromatic heterocycles. The first-order valence-electron chi connectivity index (χ1n) is 7.40. The van der Waals surface area contributed by atoms with Crippen molar-refractivity contribution in [1.82, 2.24) is 0 Å². The molecule has 118 valence electrons. The van der Waals surface area contributed by atoms with Crippen molar-refractivity contribution in [3.8, 4) is 0 Å². The van der Waals surface area contributed by atoms with E-state index in [2.05, 4.69) is 15.9 Å². The van der Waals surface area contributed by atoms with E-state index in [-0.39, 0.29) is 5.78 Å². The number of nitrogens with zero attached hydrogens (tertiary/aromatic N) is 1. The van der Waals surface area contributed by atoms with Gasteiger partial charge in [0.15, 0.2) is 5.78 Å². The van der Waals surface area contributed by atoms with Gasteiger partial charge in [-0.15, -0.1) is 0 Å². The number of carbonyl (C=O) groups excluding carboxylic acids is 1. The highest BCUT2D eigenvalue weighted by molar-refractivity contribution is 9.11. The second-order valence-electron chi connectivity index (χ2n) is 5.45. The predicted molar refractivity (Wildman–Crippen MR) is 102 cm³/mol. The highest BCUT2D eigenvalue weighted by Gasteiger charge is 2.05. The molecule has 2 rings (SSSR count). The van der Waals surface area contributed by atoms with Gasteiger partial charge in [-0.2, -0.15) is 0 Å². The Morgan fingerprint density at radius 3 is 2.04 bits per heavy atom. The Morgan fingerprint density at radius 1 is 0.913 bits per heavy atom. The summed E-state index contributed by atoms with van der Waals surface area (Å²) < 4.78 is 0.996. The van der Waals surface area contributed by atoms with Crippen molar-refractivity contribution >= 4 is 33.0 Å². The molecular formula is C20H20BrNO. The second kappa shape index (κ2) is 7.93. The molecule has 2 aromatic carbocycles. The van der Waals surface area contributed by atoms with Crippen molar-refractivity contribution in [2.45, 2.75) is 6.92 Å². The van der Waals surface area contributed by atoms with Gasteiger partial charge in [0, 0.05) is 25.3 Å². The molecule has 0 bridgehead atoms. The van der Waals surface area contributed by atoms with Gasteiger partial charge < -0.3 is 4.90 Å². The molecule has 0 atom stereocenters. The van der Waals surface area contributed by atoms with Crippen LogP contribution < -0.4 is 4.90 Å². The maximum Gasteiger partial charge on any atom is 0.185 e. The summed E-state index contributed by atoms with van der Waals surface area (Å²) in [6, 6.07) is 17.6. The van der Waals surface area contributed by atoms with E-state index in [9.17, 15) is 4.79 Å². The lowest BCUT2D eigenvalue weighted by atomic mass is 10.0. The van der Waals surface area contributed by atoms with Crippen molar-refractivity contribution in [2.24, 2.45) is 0 Å². The highest BCUT2D eigenvalue weighted by atomic mass is 79.9. The Labute approximate surface area is 146 Å². The second-order valence-corrected chi connectivity index (χ2v) is 6.64. The van der Waals surface area contributed by atoms with E-state index in [1.165, 1.54) is 0 Å². The van der Waals surface area contributed by atoms with Gasteiger partial charge in [-0.1, -0.05) is 46.3 Å². The SMILES string of the molecule is C/C(Br)=C(/C=C/C(=O)c1ccc(N(C)C)cc1)c1ccccc1. The lowest BCUT2D eigenvalue weighted by molar-refractivity contribution is 0.104. The number of hydrogen-bond acceptors (Lipinski definition) is 2. The fourth-order valence-corrected chi connectivity index (χ4v) is 2.57. The van der Waals surface area contributed by atoms with Crippen LogP contribution in [-0.4, -0.2) is 19.9 Å². The summed E-state index contributed by atoms with van der Waals surface area (Å²) in [5.41, 5.74) is 3.84. The quantitative estimate of drug-likeness (QED) is 0.403. The molecule has 0 aliphatic carbocycles. The number of ketones is 1. The number of rotatable bonds is 5. The molecule has 2 aromatic rings. The van der Waals surface area contributed by atoms with Gasteiger partial charge in [-0.05, 0) is 59.0 Å². The third-order valence-corrected chi connectivity index (χ3v) is 3.95. The zero-order valence-corrected chi connectivity index (χ0v) is 15.2. The van der Waals surface area contributed by atoms with Crippen molar-refractivity contribution in [3.63, 3.8) is 0 Å². The standard InChI is InChI=1S/C20H20BrNO/c1-15(21)19(16-7-5-4-6-8-16)13-14-20(23)17-9-11-18(12-10-17)22(2)3/h4-14H,1-3H3/b14-13+,19-15+. The van der Waals surface area contributed by atoms with Crippen LogP contribution >= 0.6 is 15.9 Å². The van der Waals surface area contributed by atoms with E-state index < -0.39 is 0 Å². The molecule has 23 heavy (non-hydrogen) atoms. The van der Waals surface area contributed by atoms with Gasteiger partial charge in [0.25, 0.3) is 0 Å². The van der Waals surface area contributed by atoms with Crippen LogP contribution in [0.5, 0.6) is 0 Å². The van der Waals surface area contributed by atoms with Crippen LogP contribution in [0.1, 0.15) is 22.8 Å². The van der Waals surface area contributed by atoms with E-state index >= 15 is 0 Å². The molecule has 0 radical (unpaired) electrons. The summed E-state index contributed by atoms with van der Waals surface area (Å²) in [5.74, 6) is -0.00233. The number of allylic oxidation sites excluding steroid dienone is 4. The molecule has 0 aliphatic rings. The lowest BCUT2D eigenvalue weighted by Crippen LogP contribution is -2.08. The normalized spacial score (nSPS) is 12.2. The first-order chi connectivity index (χ1) is 11.0. The van der Waals surface area contributed by atoms with E-state index in [1.807, 2.05) is 86.6 Å². The number of benzene rings is 2. The third kappa shape index (κ3) is 4.67. The minimum absolute atomic E-state index is 0.00233. The fraction of sp³-hybridized carbons (Fsp3) is 0.150. The number of carbonyl (C=O) groups is 1. The van der Waals surface area contributed by atoms with Crippen molar-refractivity contribution in [2.75, 3.05) is 19.0 Å².